The summed E-state index contributed by atoms with van der Waals surface area (Å²) in [6, 6.07) is 67.4. The summed E-state index contributed by atoms with van der Waals surface area (Å²) in [5.41, 5.74) is 9.63. The van der Waals surface area contributed by atoms with E-state index in [1.807, 2.05) is 22.7 Å². The molecule has 0 saturated heterocycles. The topological polar surface area (TPSA) is 6.48 Å². The fourth-order valence-electron chi connectivity index (χ4n) is 9.39. The second-order valence-electron chi connectivity index (χ2n) is 15.3. The fourth-order valence-corrected chi connectivity index (χ4v) is 12.0. The Morgan fingerprint density at radius 3 is 1.16 bits per heavy atom. The number of hydrogen-bond acceptors (Lipinski definition) is 4. The van der Waals surface area contributed by atoms with E-state index in [-0.39, 0.29) is 0 Å². The number of thiophene rings is 2. The van der Waals surface area contributed by atoms with Gasteiger partial charge in [-0.1, -0.05) is 133 Å². The number of fused-ring (bicyclic) bond motifs is 6. The van der Waals surface area contributed by atoms with Gasteiger partial charge in [-0.05, 0) is 95.1 Å². The van der Waals surface area contributed by atoms with E-state index in [1.165, 1.54) is 107 Å². The lowest BCUT2D eigenvalue weighted by Crippen LogP contribution is -2.13. The van der Waals surface area contributed by atoms with Crippen molar-refractivity contribution in [2.75, 3.05) is 9.80 Å². The van der Waals surface area contributed by atoms with Crippen LogP contribution in [0.2, 0.25) is 0 Å². The van der Waals surface area contributed by atoms with E-state index in [1.54, 1.807) is 0 Å². The summed E-state index contributed by atoms with van der Waals surface area (Å²) in [6.45, 7) is 4.52. The third-order valence-electron chi connectivity index (χ3n) is 12.0. The van der Waals surface area contributed by atoms with Gasteiger partial charge in [0.1, 0.15) is 0 Å². The van der Waals surface area contributed by atoms with Gasteiger partial charge in [-0.2, -0.15) is 0 Å². The van der Waals surface area contributed by atoms with Crippen molar-refractivity contribution >= 4 is 129 Å². The molecule has 0 unspecified atom stereocenters. The molecule has 0 spiro atoms. The molecule has 274 valence electrons. The Balaban J connectivity index is 1.15. The van der Waals surface area contributed by atoms with Crippen LogP contribution in [0.5, 0.6) is 0 Å². The molecule has 0 aliphatic rings. The summed E-state index contributed by atoms with van der Waals surface area (Å²) >= 11 is 3.78. The van der Waals surface area contributed by atoms with Crippen LogP contribution >= 0.6 is 22.7 Å². The molecule has 0 fully saturated rings. The lowest BCUT2D eigenvalue weighted by Gasteiger charge is -2.31. The van der Waals surface area contributed by atoms with E-state index >= 15 is 0 Å². The molecule has 0 radical (unpaired) electrons. The molecule has 2 aromatic heterocycles. The van der Waals surface area contributed by atoms with E-state index in [2.05, 4.69) is 206 Å². The van der Waals surface area contributed by atoms with Gasteiger partial charge in [-0.15, -0.1) is 22.7 Å². The van der Waals surface area contributed by atoms with Crippen LogP contribution in [-0.4, -0.2) is 0 Å². The third kappa shape index (κ3) is 4.89. The smallest absolute Gasteiger partial charge is 0.0669 e. The van der Waals surface area contributed by atoms with Crippen LogP contribution < -0.4 is 9.80 Å². The first-order chi connectivity index (χ1) is 28.6. The minimum atomic E-state index is 1.15. The van der Waals surface area contributed by atoms with Gasteiger partial charge in [0.15, 0.2) is 0 Å². The molecule has 58 heavy (non-hydrogen) atoms. The Morgan fingerprint density at radius 1 is 0.328 bits per heavy atom. The van der Waals surface area contributed by atoms with Crippen LogP contribution in [0.1, 0.15) is 11.1 Å². The van der Waals surface area contributed by atoms with E-state index in [9.17, 15) is 0 Å². The Labute approximate surface area is 344 Å². The van der Waals surface area contributed by atoms with Crippen molar-refractivity contribution in [1.82, 2.24) is 0 Å². The standard InChI is InChI=1S/C54H36N2S2/c1-33-21-27-41-39-17-9-11-19-47(39)57-53(41)51(33)55(37-13-5-3-6-14-37)45-31-25-35-24-30-44-46(32-26-36-23-29-43(45)49(35)50(36)44)56(38-15-7-4-8-16-38)52-34(2)22-28-42-40-18-10-12-20-48(40)58-54(42)52/h3-32H,1-2H3. The fraction of sp³-hybridized carbons (Fsp3) is 0.0370. The van der Waals surface area contributed by atoms with Gasteiger partial charge in [0, 0.05) is 53.1 Å². The Kier molecular flexibility index (Phi) is 7.44. The first kappa shape index (κ1) is 33.4. The number of benzene rings is 10. The normalized spacial score (nSPS) is 12.0. The monoisotopic (exact) mass is 776 g/mol. The molecule has 10 aromatic carbocycles. The maximum absolute atomic E-state index is 2.52. The highest BCUT2D eigenvalue weighted by Crippen LogP contribution is 2.52. The van der Waals surface area contributed by atoms with Crippen LogP contribution in [0.15, 0.2) is 182 Å². The zero-order chi connectivity index (χ0) is 38.5. The van der Waals surface area contributed by atoms with Crippen LogP contribution in [-0.2, 0) is 0 Å². The number of rotatable bonds is 6. The van der Waals surface area contributed by atoms with Crippen LogP contribution in [0.3, 0.4) is 0 Å². The number of para-hydroxylation sites is 2. The molecule has 4 heteroatoms. The van der Waals surface area contributed by atoms with Crippen molar-refractivity contribution in [1.29, 1.82) is 0 Å². The number of nitrogens with zero attached hydrogens (tertiary/aromatic N) is 2. The summed E-state index contributed by atoms with van der Waals surface area (Å²) < 4.78 is 5.24. The van der Waals surface area contributed by atoms with Gasteiger partial charge >= 0.3 is 0 Å². The molecule has 12 rings (SSSR count). The zero-order valence-electron chi connectivity index (χ0n) is 32.0. The number of hydrogen-bond donors (Lipinski definition) is 0. The van der Waals surface area contributed by atoms with Crippen molar-refractivity contribution in [3.63, 3.8) is 0 Å². The molecule has 0 atom stereocenters. The molecule has 2 nitrogen and oxygen atoms in total. The number of aryl methyl sites for hydroxylation is 2. The molecule has 0 aliphatic heterocycles. The molecule has 2 heterocycles. The summed E-state index contributed by atoms with van der Waals surface area (Å²) in [5.74, 6) is 0. The summed E-state index contributed by atoms with van der Waals surface area (Å²) in [5, 5.41) is 12.8. The van der Waals surface area contributed by atoms with Gasteiger partial charge in [0.05, 0.1) is 32.1 Å². The zero-order valence-corrected chi connectivity index (χ0v) is 33.7. The molecular weight excluding hydrogens is 741 g/mol. The van der Waals surface area contributed by atoms with Crippen LogP contribution in [0.4, 0.5) is 34.1 Å². The highest BCUT2D eigenvalue weighted by Gasteiger charge is 2.26. The Bertz CT molecular complexity index is 3310. The van der Waals surface area contributed by atoms with E-state index in [0.717, 1.165) is 11.4 Å². The molecule has 0 saturated carbocycles. The third-order valence-corrected chi connectivity index (χ3v) is 14.4. The quantitative estimate of drug-likeness (QED) is 0.155. The summed E-state index contributed by atoms with van der Waals surface area (Å²) in [6.07, 6.45) is 0. The van der Waals surface area contributed by atoms with E-state index < -0.39 is 0 Å². The van der Waals surface area contributed by atoms with Gasteiger partial charge in [0.25, 0.3) is 0 Å². The second kappa shape index (κ2) is 12.9. The first-order valence-electron chi connectivity index (χ1n) is 19.8. The molecule has 0 amide bonds. The van der Waals surface area contributed by atoms with Crippen molar-refractivity contribution in [3.8, 4) is 0 Å². The molecule has 0 aliphatic carbocycles. The summed E-state index contributed by atoms with van der Waals surface area (Å²) in [7, 11) is 0. The average Bonchev–Trinajstić information content (AvgIpc) is 3.84. The first-order valence-corrected chi connectivity index (χ1v) is 21.5. The SMILES string of the molecule is Cc1ccc2c(sc3ccccc32)c1N(c1ccccc1)c1ccc2ccc3c(N(c4ccccc4)c4c(C)ccc5c4sc4ccccc45)ccc4ccc1c2c43. The van der Waals surface area contributed by atoms with E-state index in [0.29, 0.717) is 0 Å². The van der Waals surface area contributed by atoms with Gasteiger partial charge in [-0.3, -0.25) is 0 Å². The number of anilines is 6. The molecule has 12 aromatic rings. The lowest BCUT2D eigenvalue weighted by molar-refractivity contribution is 1.28. The lowest BCUT2D eigenvalue weighted by atomic mass is 9.91. The van der Waals surface area contributed by atoms with Crippen molar-refractivity contribution in [2.45, 2.75) is 13.8 Å². The largest absolute Gasteiger partial charge is 0.308 e. The van der Waals surface area contributed by atoms with Crippen LogP contribution in [0.25, 0.3) is 72.7 Å². The molecule has 0 N–H and O–H groups in total. The van der Waals surface area contributed by atoms with Gasteiger partial charge in [-0.25, -0.2) is 0 Å². The maximum Gasteiger partial charge on any atom is 0.0669 e. The molecule has 0 bridgehead atoms. The van der Waals surface area contributed by atoms with E-state index in [4.69, 9.17) is 0 Å². The van der Waals surface area contributed by atoms with Crippen molar-refractivity contribution in [3.05, 3.63) is 193 Å². The highest BCUT2D eigenvalue weighted by atomic mass is 32.1. The average molecular weight is 777 g/mol. The van der Waals surface area contributed by atoms with Crippen molar-refractivity contribution < 1.29 is 0 Å². The maximum atomic E-state index is 2.52. The minimum absolute atomic E-state index is 1.15. The summed E-state index contributed by atoms with van der Waals surface area (Å²) in [4.78, 5) is 5.03. The Morgan fingerprint density at radius 2 is 0.707 bits per heavy atom. The van der Waals surface area contributed by atoms with Crippen molar-refractivity contribution in [2.24, 2.45) is 0 Å². The predicted molar refractivity (Wildman–Crippen MR) is 255 cm³/mol. The highest BCUT2D eigenvalue weighted by molar-refractivity contribution is 7.26. The van der Waals surface area contributed by atoms with Gasteiger partial charge in [0.2, 0.25) is 0 Å². The Hall–Kier alpha value is -6.72. The second-order valence-corrected chi connectivity index (χ2v) is 17.5. The minimum Gasteiger partial charge on any atom is -0.308 e. The molecular formula is C54H36N2S2. The van der Waals surface area contributed by atoms with Crippen LogP contribution in [0, 0.1) is 13.8 Å². The van der Waals surface area contributed by atoms with Gasteiger partial charge < -0.3 is 9.80 Å². The predicted octanol–water partition coefficient (Wildman–Crippen LogP) is 16.9.